The van der Waals surface area contributed by atoms with Crippen molar-refractivity contribution in [1.29, 1.82) is 0 Å². The fraction of sp³-hybridized carbons (Fsp3) is 0.500. The standard InChI is InChI=1S/C14H16O2/c15-13-10-6-7-11(13)14(16)12(8-10)9-4-2-1-3-5-9/h1-5,10-12,14,16H,6-8H2. The number of hydrogen-bond donors (Lipinski definition) is 1. The first-order valence-electron chi connectivity index (χ1n) is 6.04. The van der Waals surface area contributed by atoms with Gasteiger partial charge in [-0.3, -0.25) is 4.79 Å². The van der Waals surface area contributed by atoms with Crippen molar-refractivity contribution in [1.82, 2.24) is 0 Å². The van der Waals surface area contributed by atoms with Gasteiger partial charge in [-0.15, -0.1) is 0 Å². The predicted molar refractivity (Wildman–Crippen MR) is 61.0 cm³/mol. The largest absolute Gasteiger partial charge is 0.392 e. The Balaban J connectivity index is 1.91. The SMILES string of the molecule is O=C1C2CCC1C(O)C(c1ccccc1)C2. The minimum atomic E-state index is -0.464. The average molecular weight is 216 g/mol. The van der Waals surface area contributed by atoms with E-state index >= 15 is 0 Å². The number of fused-ring (bicyclic) bond motifs is 2. The maximum atomic E-state index is 11.8. The van der Waals surface area contributed by atoms with E-state index in [0.717, 1.165) is 19.3 Å². The molecule has 1 aromatic carbocycles. The summed E-state index contributed by atoms with van der Waals surface area (Å²) < 4.78 is 0. The van der Waals surface area contributed by atoms with Crippen LogP contribution in [0, 0.1) is 11.8 Å². The highest BCUT2D eigenvalue weighted by Gasteiger charge is 2.47. The zero-order valence-electron chi connectivity index (χ0n) is 9.17. The molecule has 2 heteroatoms. The Kier molecular flexibility index (Phi) is 2.32. The summed E-state index contributed by atoms with van der Waals surface area (Å²) in [4.78, 5) is 11.8. The molecule has 0 radical (unpaired) electrons. The Bertz CT molecular complexity index is 398. The van der Waals surface area contributed by atoms with E-state index < -0.39 is 6.10 Å². The third-order valence-corrected chi connectivity index (χ3v) is 4.18. The molecule has 2 bridgehead atoms. The van der Waals surface area contributed by atoms with Gasteiger partial charge >= 0.3 is 0 Å². The molecule has 0 amide bonds. The molecule has 2 nitrogen and oxygen atoms in total. The molecule has 3 rings (SSSR count). The van der Waals surface area contributed by atoms with Crippen LogP contribution in [-0.4, -0.2) is 17.0 Å². The van der Waals surface area contributed by atoms with Crippen LogP contribution in [0.4, 0.5) is 0 Å². The topological polar surface area (TPSA) is 37.3 Å². The van der Waals surface area contributed by atoms with E-state index in [9.17, 15) is 9.90 Å². The van der Waals surface area contributed by atoms with Gasteiger partial charge in [0.05, 0.1) is 6.10 Å². The number of rotatable bonds is 1. The first kappa shape index (κ1) is 10.0. The first-order chi connectivity index (χ1) is 7.77. The van der Waals surface area contributed by atoms with Crippen molar-refractivity contribution in [2.75, 3.05) is 0 Å². The minimum Gasteiger partial charge on any atom is -0.392 e. The number of Topliss-reactive ketones (excluding diaryl/α,β-unsaturated/α-hetero) is 1. The van der Waals surface area contributed by atoms with Crippen molar-refractivity contribution in [3.63, 3.8) is 0 Å². The monoisotopic (exact) mass is 216 g/mol. The lowest BCUT2D eigenvalue weighted by Crippen LogP contribution is -2.37. The summed E-state index contributed by atoms with van der Waals surface area (Å²) in [6.07, 6.45) is 2.23. The van der Waals surface area contributed by atoms with Crippen LogP contribution in [0.25, 0.3) is 0 Å². The van der Waals surface area contributed by atoms with Crippen molar-refractivity contribution in [3.05, 3.63) is 35.9 Å². The molecule has 1 N–H and O–H groups in total. The molecule has 1 aromatic rings. The van der Waals surface area contributed by atoms with Crippen LogP contribution < -0.4 is 0 Å². The Labute approximate surface area is 95.3 Å². The summed E-state index contributed by atoms with van der Waals surface area (Å²) >= 11 is 0. The smallest absolute Gasteiger partial charge is 0.141 e. The molecule has 0 heterocycles. The van der Waals surface area contributed by atoms with Crippen molar-refractivity contribution in [2.45, 2.75) is 31.3 Å². The third-order valence-electron chi connectivity index (χ3n) is 4.18. The van der Waals surface area contributed by atoms with Gasteiger partial charge in [0.2, 0.25) is 0 Å². The van der Waals surface area contributed by atoms with E-state index in [2.05, 4.69) is 12.1 Å². The summed E-state index contributed by atoms with van der Waals surface area (Å²) in [7, 11) is 0. The zero-order valence-corrected chi connectivity index (χ0v) is 9.17. The van der Waals surface area contributed by atoms with Crippen LogP contribution in [0.5, 0.6) is 0 Å². The Hall–Kier alpha value is -1.15. The highest BCUT2D eigenvalue weighted by molar-refractivity contribution is 5.87. The number of hydrogen-bond acceptors (Lipinski definition) is 2. The van der Waals surface area contributed by atoms with Gasteiger partial charge in [-0.05, 0) is 24.8 Å². The van der Waals surface area contributed by atoms with Gasteiger partial charge in [0.1, 0.15) is 5.78 Å². The Morgan fingerprint density at radius 3 is 2.56 bits per heavy atom. The molecule has 0 spiro atoms. The maximum Gasteiger partial charge on any atom is 0.141 e. The van der Waals surface area contributed by atoms with Crippen LogP contribution in [-0.2, 0) is 4.79 Å². The Morgan fingerprint density at radius 1 is 1.06 bits per heavy atom. The van der Waals surface area contributed by atoms with Crippen LogP contribution in [0.1, 0.15) is 30.7 Å². The molecule has 84 valence electrons. The van der Waals surface area contributed by atoms with Gasteiger partial charge in [-0.25, -0.2) is 0 Å². The molecular formula is C14H16O2. The normalized spacial score (nSPS) is 37.7. The molecule has 16 heavy (non-hydrogen) atoms. The lowest BCUT2D eigenvalue weighted by atomic mass is 9.74. The van der Waals surface area contributed by atoms with Crippen LogP contribution in [0.15, 0.2) is 30.3 Å². The molecule has 2 saturated carbocycles. The van der Waals surface area contributed by atoms with E-state index in [1.165, 1.54) is 5.56 Å². The summed E-state index contributed by atoms with van der Waals surface area (Å²) in [6.45, 7) is 0. The molecule has 4 unspecified atom stereocenters. The fourth-order valence-corrected chi connectivity index (χ4v) is 3.30. The molecule has 0 saturated heterocycles. The van der Waals surface area contributed by atoms with Crippen molar-refractivity contribution in [2.24, 2.45) is 11.8 Å². The van der Waals surface area contributed by atoms with Gasteiger partial charge < -0.3 is 5.11 Å². The molecule has 0 aliphatic heterocycles. The van der Waals surface area contributed by atoms with Gasteiger partial charge in [-0.2, -0.15) is 0 Å². The Morgan fingerprint density at radius 2 is 1.81 bits per heavy atom. The van der Waals surface area contributed by atoms with Gasteiger partial charge in [0, 0.05) is 17.8 Å². The second-order valence-corrected chi connectivity index (χ2v) is 5.03. The number of carbonyl (C=O) groups is 1. The summed E-state index contributed by atoms with van der Waals surface area (Å²) in [5, 5.41) is 10.3. The van der Waals surface area contributed by atoms with E-state index in [1.807, 2.05) is 18.2 Å². The molecule has 2 fully saturated rings. The van der Waals surface area contributed by atoms with E-state index in [4.69, 9.17) is 0 Å². The summed E-state index contributed by atoms with van der Waals surface area (Å²) in [5.74, 6) is 0.582. The molecular weight excluding hydrogens is 200 g/mol. The first-order valence-corrected chi connectivity index (χ1v) is 6.04. The van der Waals surface area contributed by atoms with E-state index in [0.29, 0.717) is 5.78 Å². The van der Waals surface area contributed by atoms with Crippen LogP contribution in [0.2, 0.25) is 0 Å². The second kappa shape index (κ2) is 3.70. The maximum absolute atomic E-state index is 11.8. The van der Waals surface area contributed by atoms with Gasteiger partial charge in [-0.1, -0.05) is 30.3 Å². The third kappa shape index (κ3) is 1.40. The highest BCUT2D eigenvalue weighted by atomic mass is 16.3. The minimum absolute atomic E-state index is 0.0936. The van der Waals surface area contributed by atoms with Gasteiger partial charge in [0.25, 0.3) is 0 Å². The molecule has 0 aromatic heterocycles. The molecule has 2 aliphatic rings. The zero-order chi connectivity index (χ0) is 11.1. The predicted octanol–water partition coefficient (Wildman–Crippen LogP) is 2.13. The van der Waals surface area contributed by atoms with Crippen LogP contribution >= 0.6 is 0 Å². The van der Waals surface area contributed by atoms with Crippen molar-refractivity contribution < 1.29 is 9.90 Å². The van der Waals surface area contributed by atoms with Gasteiger partial charge in [0.15, 0.2) is 0 Å². The number of aliphatic hydroxyl groups is 1. The summed E-state index contributed by atoms with van der Waals surface area (Å²) in [6, 6.07) is 10.1. The van der Waals surface area contributed by atoms with Crippen LogP contribution in [0.3, 0.4) is 0 Å². The number of benzene rings is 1. The lowest BCUT2D eigenvalue weighted by Gasteiger charge is -2.32. The molecule has 2 aliphatic carbocycles. The number of ketones is 1. The van der Waals surface area contributed by atoms with Crippen molar-refractivity contribution in [3.8, 4) is 0 Å². The van der Waals surface area contributed by atoms with Crippen molar-refractivity contribution >= 4 is 5.78 Å². The average Bonchev–Trinajstić information content (AvgIpc) is 2.57. The summed E-state index contributed by atoms with van der Waals surface area (Å²) in [5.41, 5.74) is 1.18. The quantitative estimate of drug-likeness (QED) is 0.780. The van der Waals surface area contributed by atoms with E-state index in [-0.39, 0.29) is 17.8 Å². The lowest BCUT2D eigenvalue weighted by molar-refractivity contribution is -0.131. The molecule has 4 atom stereocenters. The highest BCUT2D eigenvalue weighted by Crippen LogP contribution is 2.46. The van der Waals surface area contributed by atoms with E-state index in [1.54, 1.807) is 0 Å². The number of carbonyl (C=O) groups excluding carboxylic acids is 1. The fourth-order valence-electron chi connectivity index (χ4n) is 3.30. The number of aliphatic hydroxyl groups excluding tert-OH is 1. The second-order valence-electron chi connectivity index (χ2n) is 5.03.